The Morgan fingerprint density at radius 2 is 2.26 bits per heavy atom. The van der Waals surface area contributed by atoms with E-state index in [1.54, 1.807) is 0 Å². The summed E-state index contributed by atoms with van der Waals surface area (Å²) in [6.07, 6.45) is 4.42. The molecule has 3 rings (SSSR count). The molecular weight excluding hydrogens is 236 g/mol. The number of rotatable bonds is 3. The Morgan fingerprint density at radius 3 is 3.11 bits per heavy atom. The normalized spacial score (nSPS) is 22.7. The van der Waals surface area contributed by atoms with E-state index in [1.807, 2.05) is 18.4 Å². The summed E-state index contributed by atoms with van der Waals surface area (Å²) >= 11 is 0. The first-order chi connectivity index (χ1) is 9.24. The third-order valence-corrected chi connectivity index (χ3v) is 4.24. The molecule has 19 heavy (non-hydrogen) atoms. The van der Waals surface area contributed by atoms with E-state index in [9.17, 15) is 0 Å². The fraction of sp³-hybridized carbons (Fsp3) is 0.500. The molecule has 1 saturated heterocycles. The quantitative estimate of drug-likeness (QED) is 0.920. The summed E-state index contributed by atoms with van der Waals surface area (Å²) in [6, 6.07) is 8.55. The van der Waals surface area contributed by atoms with Crippen LogP contribution in [0.4, 0.5) is 0 Å². The number of piperidine rings is 1. The molecule has 0 bridgehead atoms. The highest BCUT2D eigenvalue weighted by Crippen LogP contribution is 2.25. The minimum absolute atomic E-state index is 0.295. The molecule has 2 atom stereocenters. The van der Waals surface area contributed by atoms with Gasteiger partial charge in [0, 0.05) is 30.1 Å². The van der Waals surface area contributed by atoms with E-state index in [0.29, 0.717) is 12.0 Å². The van der Waals surface area contributed by atoms with Crippen molar-refractivity contribution in [1.82, 2.24) is 4.90 Å². The number of benzene rings is 1. The molecule has 0 aliphatic carbocycles. The highest BCUT2D eigenvalue weighted by Gasteiger charge is 2.23. The van der Waals surface area contributed by atoms with Gasteiger partial charge in [0.1, 0.15) is 5.58 Å². The smallest absolute Gasteiger partial charge is 0.134 e. The van der Waals surface area contributed by atoms with Crippen LogP contribution in [0.3, 0.4) is 0 Å². The first-order valence-electron chi connectivity index (χ1n) is 7.17. The van der Waals surface area contributed by atoms with Crippen molar-refractivity contribution >= 4 is 11.0 Å². The van der Waals surface area contributed by atoms with Gasteiger partial charge in [0.05, 0.1) is 6.26 Å². The van der Waals surface area contributed by atoms with Gasteiger partial charge in [0.25, 0.3) is 0 Å². The van der Waals surface area contributed by atoms with Crippen LogP contribution in [-0.2, 0) is 6.54 Å². The summed E-state index contributed by atoms with van der Waals surface area (Å²) < 4.78 is 5.61. The van der Waals surface area contributed by atoms with Crippen LogP contribution >= 0.6 is 0 Å². The van der Waals surface area contributed by atoms with Crippen molar-refractivity contribution in [3.05, 3.63) is 36.1 Å². The van der Waals surface area contributed by atoms with Crippen LogP contribution in [0.1, 0.15) is 25.3 Å². The zero-order valence-corrected chi connectivity index (χ0v) is 11.5. The molecular formula is C16H22N2O. The summed E-state index contributed by atoms with van der Waals surface area (Å²) in [6.45, 7) is 5.38. The number of para-hydroxylation sites is 1. The van der Waals surface area contributed by atoms with Crippen molar-refractivity contribution < 1.29 is 4.42 Å². The van der Waals surface area contributed by atoms with Gasteiger partial charge in [-0.15, -0.1) is 0 Å². The van der Waals surface area contributed by atoms with Gasteiger partial charge in [-0.3, -0.25) is 4.90 Å². The first kappa shape index (κ1) is 12.7. The number of furan rings is 1. The van der Waals surface area contributed by atoms with E-state index in [1.165, 1.54) is 30.3 Å². The zero-order valence-electron chi connectivity index (χ0n) is 11.5. The van der Waals surface area contributed by atoms with Crippen LogP contribution in [-0.4, -0.2) is 24.0 Å². The molecule has 3 nitrogen and oxygen atoms in total. The van der Waals surface area contributed by atoms with Crippen molar-refractivity contribution in [1.29, 1.82) is 0 Å². The molecule has 1 aliphatic heterocycles. The Morgan fingerprint density at radius 1 is 1.42 bits per heavy atom. The van der Waals surface area contributed by atoms with Gasteiger partial charge in [-0.25, -0.2) is 0 Å². The molecule has 1 fully saturated rings. The van der Waals surface area contributed by atoms with E-state index in [-0.39, 0.29) is 0 Å². The van der Waals surface area contributed by atoms with Gasteiger partial charge in [0.2, 0.25) is 0 Å². The minimum atomic E-state index is 0.295. The molecule has 1 aromatic carbocycles. The number of likely N-dealkylation sites (tertiary alicyclic amines) is 1. The molecule has 1 aliphatic rings. The molecule has 2 aromatic rings. The van der Waals surface area contributed by atoms with Gasteiger partial charge in [0.15, 0.2) is 0 Å². The van der Waals surface area contributed by atoms with Crippen LogP contribution < -0.4 is 5.73 Å². The lowest BCUT2D eigenvalue weighted by molar-refractivity contribution is 0.154. The Labute approximate surface area is 114 Å². The molecule has 3 heteroatoms. The van der Waals surface area contributed by atoms with Crippen molar-refractivity contribution in [2.75, 3.05) is 13.1 Å². The average molecular weight is 258 g/mol. The van der Waals surface area contributed by atoms with E-state index in [4.69, 9.17) is 10.2 Å². The van der Waals surface area contributed by atoms with Crippen molar-refractivity contribution in [2.24, 2.45) is 11.7 Å². The van der Waals surface area contributed by atoms with Crippen LogP contribution in [0.25, 0.3) is 11.0 Å². The second-order valence-electron chi connectivity index (χ2n) is 5.75. The topological polar surface area (TPSA) is 42.4 Å². The monoisotopic (exact) mass is 258 g/mol. The van der Waals surface area contributed by atoms with Crippen LogP contribution in [0, 0.1) is 5.92 Å². The molecule has 0 amide bonds. The highest BCUT2D eigenvalue weighted by atomic mass is 16.3. The first-order valence-corrected chi connectivity index (χ1v) is 7.17. The predicted octanol–water partition coefficient (Wildman–Crippen LogP) is 2.99. The average Bonchev–Trinajstić information content (AvgIpc) is 2.83. The summed E-state index contributed by atoms with van der Waals surface area (Å²) in [4.78, 5) is 2.51. The maximum Gasteiger partial charge on any atom is 0.134 e. The molecule has 2 heterocycles. The summed E-state index contributed by atoms with van der Waals surface area (Å²) in [5.74, 6) is 0.631. The Balaban J connectivity index is 1.74. The molecule has 0 saturated carbocycles. The van der Waals surface area contributed by atoms with Crippen LogP contribution in [0.5, 0.6) is 0 Å². The Hall–Kier alpha value is -1.32. The lowest BCUT2D eigenvalue weighted by Crippen LogP contribution is -2.41. The number of nitrogens with two attached hydrogens (primary N) is 1. The van der Waals surface area contributed by atoms with E-state index < -0.39 is 0 Å². The second kappa shape index (κ2) is 5.35. The van der Waals surface area contributed by atoms with Crippen molar-refractivity contribution in [2.45, 2.75) is 32.4 Å². The maximum atomic E-state index is 6.05. The van der Waals surface area contributed by atoms with E-state index >= 15 is 0 Å². The summed E-state index contributed by atoms with van der Waals surface area (Å²) in [5, 5.41) is 1.24. The van der Waals surface area contributed by atoms with E-state index in [2.05, 4.69) is 24.0 Å². The standard InChI is InChI=1S/C16H22N2O/c1-12(17)13-5-4-8-18(9-13)10-14-11-19-16-7-3-2-6-15(14)16/h2-3,6-7,11-13H,4-5,8-10,17H2,1H3. The fourth-order valence-electron chi connectivity index (χ4n) is 3.06. The minimum Gasteiger partial charge on any atom is -0.464 e. The third-order valence-electron chi connectivity index (χ3n) is 4.24. The highest BCUT2D eigenvalue weighted by molar-refractivity contribution is 5.80. The molecule has 0 spiro atoms. The van der Waals surface area contributed by atoms with Crippen LogP contribution in [0.15, 0.2) is 34.9 Å². The molecule has 0 radical (unpaired) electrons. The number of fused-ring (bicyclic) bond motifs is 1. The van der Waals surface area contributed by atoms with E-state index in [0.717, 1.165) is 18.7 Å². The van der Waals surface area contributed by atoms with Gasteiger partial charge in [-0.2, -0.15) is 0 Å². The van der Waals surface area contributed by atoms with Gasteiger partial charge < -0.3 is 10.2 Å². The molecule has 102 valence electrons. The molecule has 2 N–H and O–H groups in total. The largest absolute Gasteiger partial charge is 0.464 e. The zero-order chi connectivity index (χ0) is 13.2. The SMILES string of the molecule is CC(N)C1CCCN(Cc2coc3ccccc23)C1. The molecule has 1 aromatic heterocycles. The predicted molar refractivity (Wildman–Crippen MR) is 77.9 cm³/mol. The molecule has 2 unspecified atom stereocenters. The number of hydrogen-bond acceptors (Lipinski definition) is 3. The lowest BCUT2D eigenvalue weighted by Gasteiger charge is -2.34. The summed E-state index contributed by atoms with van der Waals surface area (Å²) in [5.41, 5.74) is 8.33. The lowest BCUT2D eigenvalue weighted by atomic mass is 9.92. The maximum absolute atomic E-state index is 6.05. The summed E-state index contributed by atoms with van der Waals surface area (Å²) in [7, 11) is 0. The third kappa shape index (κ3) is 2.67. The van der Waals surface area contributed by atoms with Gasteiger partial charge in [-0.05, 0) is 38.3 Å². The van der Waals surface area contributed by atoms with Gasteiger partial charge >= 0.3 is 0 Å². The second-order valence-corrected chi connectivity index (χ2v) is 5.75. The Bertz CT molecular complexity index is 546. The van der Waals surface area contributed by atoms with Gasteiger partial charge in [-0.1, -0.05) is 18.2 Å². The van der Waals surface area contributed by atoms with Crippen LogP contribution in [0.2, 0.25) is 0 Å². The van der Waals surface area contributed by atoms with Crippen molar-refractivity contribution in [3.8, 4) is 0 Å². The number of nitrogens with zero attached hydrogens (tertiary/aromatic N) is 1. The van der Waals surface area contributed by atoms with Crippen molar-refractivity contribution in [3.63, 3.8) is 0 Å². The fourth-order valence-corrected chi connectivity index (χ4v) is 3.06. The Kier molecular flexibility index (Phi) is 3.58. The number of hydrogen-bond donors (Lipinski definition) is 1.